The van der Waals surface area contributed by atoms with E-state index < -0.39 is 0 Å². The van der Waals surface area contributed by atoms with Crippen LogP contribution in [0, 0.1) is 0 Å². The van der Waals surface area contributed by atoms with Gasteiger partial charge in [0.05, 0.1) is 27.0 Å². The van der Waals surface area contributed by atoms with E-state index in [9.17, 15) is 9.59 Å². The number of carbonyl (C=O) groups excluding carboxylic acids is 2. The minimum absolute atomic E-state index is 0.132. The number of benzene rings is 1. The van der Waals surface area contributed by atoms with Crippen LogP contribution in [0.15, 0.2) is 43.0 Å². The first-order valence-electron chi connectivity index (χ1n) is 8.70. The number of aryl methyl sites for hydroxylation is 1. The zero-order valence-corrected chi connectivity index (χ0v) is 15.7. The van der Waals surface area contributed by atoms with Gasteiger partial charge < -0.3 is 23.7 Å². The molecule has 8 heteroatoms. The monoisotopic (exact) mass is 375 g/mol. The molecule has 0 spiro atoms. The van der Waals surface area contributed by atoms with Crippen LogP contribution in [-0.2, 0) is 20.9 Å². The molecular weight excluding hydrogens is 350 g/mol. The number of imidazole rings is 1. The Labute approximate surface area is 158 Å². The number of hydrogen-bond acceptors (Lipinski definition) is 6. The first-order valence-corrected chi connectivity index (χ1v) is 8.70. The summed E-state index contributed by atoms with van der Waals surface area (Å²) in [6, 6.07) is 7.14. The smallest absolute Gasteiger partial charge is 0.307 e. The highest BCUT2D eigenvalue weighted by atomic mass is 16.5. The van der Waals surface area contributed by atoms with Crippen LogP contribution in [0.4, 0.5) is 0 Å². The molecule has 8 nitrogen and oxygen atoms in total. The minimum Gasteiger partial charge on any atom is -0.493 e. The number of amides is 1. The third kappa shape index (κ3) is 6.65. The molecule has 0 aliphatic carbocycles. The fourth-order valence-corrected chi connectivity index (χ4v) is 2.52. The summed E-state index contributed by atoms with van der Waals surface area (Å²) in [4.78, 5) is 29.6. The molecule has 146 valence electrons. The first kappa shape index (κ1) is 20.3. The first-order chi connectivity index (χ1) is 13.1. The van der Waals surface area contributed by atoms with Crippen LogP contribution in [-0.4, -0.2) is 60.2 Å². The highest BCUT2D eigenvalue weighted by Gasteiger charge is 2.16. The van der Waals surface area contributed by atoms with E-state index in [2.05, 4.69) is 9.72 Å². The van der Waals surface area contributed by atoms with Crippen LogP contribution >= 0.6 is 0 Å². The average molecular weight is 375 g/mol. The van der Waals surface area contributed by atoms with Gasteiger partial charge in [0.15, 0.2) is 18.1 Å². The van der Waals surface area contributed by atoms with Gasteiger partial charge in [-0.3, -0.25) is 9.59 Å². The van der Waals surface area contributed by atoms with Crippen LogP contribution in [0.1, 0.15) is 12.8 Å². The summed E-state index contributed by atoms with van der Waals surface area (Å²) < 4.78 is 17.4. The molecule has 2 aromatic rings. The molecule has 0 aliphatic rings. The number of ether oxygens (including phenoxy) is 3. The molecule has 0 saturated carbocycles. The highest BCUT2D eigenvalue weighted by molar-refractivity contribution is 5.78. The molecule has 1 aromatic heterocycles. The Kier molecular flexibility index (Phi) is 8.15. The lowest BCUT2D eigenvalue weighted by Crippen LogP contribution is -2.37. The topological polar surface area (TPSA) is 82.9 Å². The molecule has 1 heterocycles. The van der Waals surface area contributed by atoms with Crippen LogP contribution in [0.5, 0.6) is 11.5 Å². The number of hydrogen-bond donors (Lipinski definition) is 0. The molecule has 0 unspecified atom stereocenters. The van der Waals surface area contributed by atoms with E-state index in [-0.39, 0.29) is 31.4 Å². The van der Waals surface area contributed by atoms with Gasteiger partial charge in [-0.2, -0.15) is 0 Å². The zero-order valence-electron chi connectivity index (χ0n) is 15.7. The Morgan fingerprint density at radius 3 is 2.59 bits per heavy atom. The molecule has 2 rings (SSSR count). The lowest BCUT2D eigenvalue weighted by Gasteiger charge is -2.22. The summed E-state index contributed by atoms with van der Waals surface area (Å²) in [6.07, 6.45) is 6.18. The van der Waals surface area contributed by atoms with Crippen molar-refractivity contribution in [3.05, 3.63) is 43.0 Å². The van der Waals surface area contributed by atoms with E-state index in [0.29, 0.717) is 18.0 Å². The van der Waals surface area contributed by atoms with Crippen molar-refractivity contribution >= 4 is 11.9 Å². The molecule has 0 aliphatic heterocycles. The Hall–Kier alpha value is -3.03. The van der Waals surface area contributed by atoms with Gasteiger partial charge in [0.1, 0.15) is 0 Å². The lowest BCUT2D eigenvalue weighted by atomic mass is 10.3. The molecule has 27 heavy (non-hydrogen) atoms. The summed E-state index contributed by atoms with van der Waals surface area (Å²) in [5, 5.41) is 0. The maximum atomic E-state index is 12.6. The molecular formula is C19H25N3O5. The quantitative estimate of drug-likeness (QED) is 0.557. The normalized spacial score (nSPS) is 10.3. The van der Waals surface area contributed by atoms with Crippen molar-refractivity contribution in [1.29, 1.82) is 0 Å². The van der Waals surface area contributed by atoms with Crippen molar-refractivity contribution in [3.8, 4) is 11.5 Å². The summed E-state index contributed by atoms with van der Waals surface area (Å²) in [5.41, 5.74) is 0. The van der Waals surface area contributed by atoms with Crippen LogP contribution in [0.2, 0.25) is 0 Å². The van der Waals surface area contributed by atoms with E-state index >= 15 is 0 Å². The van der Waals surface area contributed by atoms with E-state index in [4.69, 9.17) is 9.47 Å². The number of rotatable bonds is 11. The standard InChI is InChI=1S/C19H25N3O5/c1-25-16-6-3-4-7-17(16)27-14-18(23)22(12-8-19(24)26-2)11-5-10-21-13-9-20-15-21/h3-4,6-7,9,13,15H,5,8,10-12,14H2,1-2H3. The predicted molar refractivity (Wildman–Crippen MR) is 98.5 cm³/mol. The summed E-state index contributed by atoms with van der Waals surface area (Å²) in [6.45, 7) is 1.38. The largest absolute Gasteiger partial charge is 0.493 e. The van der Waals surface area contributed by atoms with Crippen molar-refractivity contribution in [2.24, 2.45) is 0 Å². The Morgan fingerprint density at radius 2 is 1.93 bits per heavy atom. The van der Waals surface area contributed by atoms with Crippen molar-refractivity contribution in [2.45, 2.75) is 19.4 Å². The van der Waals surface area contributed by atoms with Gasteiger partial charge in [-0.15, -0.1) is 0 Å². The number of aromatic nitrogens is 2. The molecule has 0 fully saturated rings. The zero-order chi connectivity index (χ0) is 19.5. The van der Waals surface area contributed by atoms with E-state index in [1.807, 2.05) is 22.9 Å². The second-order valence-electron chi connectivity index (χ2n) is 5.80. The average Bonchev–Trinajstić information content (AvgIpc) is 3.22. The number of nitrogens with zero attached hydrogens (tertiary/aromatic N) is 3. The minimum atomic E-state index is -0.354. The molecule has 0 N–H and O–H groups in total. The third-order valence-corrected chi connectivity index (χ3v) is 3.99. The SMILES string of the molecule is COC(=O)CCN(CCCn1ccnc1)C(=O)COc1ccccc1OC. The van der Waals surface area contributed by atoms with E-state index in [0.717, 1.165) is 13.0 Å². The van der Waals surface area contributed by atoms with Gasteiger partial charge in [0.2, 0.25) is 0 Å². The maximum Gasteiger partial charge on any atom is 0.307 e. The second kappa shape index (κ2) is 10.8. The van der Waals surface area contributed by atoms with Crippen LogP contribution in [0.25, 0.3) is 0 Å². The number of methoxy groups -OCH3 is 2. The number of esters is 1. The molecule has 0 radical (unpaired) electrons. The lowest BCUT2D eigenvalue weighted by molar-refractivity contribution is -0.142. The van der Waals surface area contributed by atoms with Crippen molar-refractivity contribution < 1.29 is 23.8 Å². The van der Waals surface area contributed by atoms with E-state index in [1.54, 1.807) is 36.7 Å². The summed E-state index contributed by atoms with van der Waals surface area (Å²) >= 11 is 0. The fourth-order valence-electron chi connectivity index (χ4n) is 2.52. The van der Waals surface area contributed by atoms with Gasteiger partial charge in [-0.1, -0.05) is 12.1 Å². The number of carbonyl (C=O) groups is 2. The van der Waals surface area contributed by atoms with Gasteiger partial charge in [-0.05, 0) is 18.6 Å². The van der Waals surface area contributed by atoms with Gasteiger partial charge in [0, 0.05) is 32.0 Å². The van der Waals surface area contributed by atoms with Gasteiger partial charge >= 0.3 is 5.97 Å². The van der Waals surface area contributed by atoms with E-state index in [1.165, 1.54) is 7.11 Å². The number of para-hydroxylation sites is 2. The fraction of sp³-hybridized carbons (Fsp3) is 0.421. The Morgan fingerprint density at radius 1 is 1.15 bits per heavy atom. The van der Waals surface area contributed by atoms with Crippen LogP contribution < -0.4 is 9.47 Å². The molecule has 0 bridgehead atoms. The van der Waals surface area contributed by atoms with Gasteiger partial charge in [-0.25, -0.2) is 4.98 Å². The molecule has 0 saturated heterocycles. The molecule has 1 aromatic carbocycles. The van der Waals surface area contributed by atoms with Crippen molar-refractivity contribution in [1.82, 2.24) is 14.5 Å². The van der Waals surface area contributed by atoms with Gasteiger partial charge in [0.25, 0.3) is 5.91 Å². The highest BCUT2D eigenvalue weighted by Crippen LogP contribution is 2.25. The maximum absolute atomic E-state index is 12.6. The summed E-state index contributed by atoms with van der Waals surface area (Å²) in [7, 11) is 2.88. The second-order valence-corrected chi connectivity index (χ2v) is 5.80. The molecule has 1 amide bonds. The Bertz CT molecular complexity index is 718. The van der Waals surface area contributed by atoms with Crippen LogP contribution in [0.3, 0.4) is 0 Å². The Balaban J connectivity index is 1.90. The third-order valence-electron chi connectivity index (χ3n) is 3.99. The summed E-state index contributed by atoms with van der Waals surface area (Å²) in [5.74, 6) is 0.509. The predicted octanol–water partition coefficient (Wildman–Crippen LogP) is 1.75. The van der Waals surface area contributed by atoms with Crippen molar-refractivity contribution in [2.75, 3.05) is 33.9 Å². The van der Waals surface area contributed by atoms with Crippen molar-refractivity contribution in [3.63, 3.8) is 0 Å². The molecule has 0 atom stereocenters.